The highest BCUT2D eigenvalue weighted by Crippen LogP contribution is 2.29. The molecule has 1 amide bonds. The van der Waals surface area contributed by atoms with Gasteiger partial charge in [-0.2, -0.15) is 0 Å². The number of nitrogens with zero attached hydrogens (tertiary/aromatic N) is 4. The van der Waals surface area contributed by atoms with E-state index < -0.39 is 0 Å². The Bertz CT molecular complexity index is 508. The van der Waals surface area contributed by atoms with E-state index in [0.717, 1.165) is 36.1 Å². The molecule has 1 unspecified atom stereocenters. The van der Waals surface area contributed by atoms with Crippen LogP contribution < -0.4 is 4.90 Å². The Kier molecular flexibility index (Phi) is 4.70. The summed E-state index contributed by atoms with van der Waals surface area (Å²) in [4.78, 5) is 25.2. The van der Waals surface area contributed by atoms with Gasteiger partial charge in [-0.15, -0.1) is 0 Å². The Hall–Kier alpha value is -1.21. The van der Waals surface area contributed by atoms with Crippen molar-refractivity contribution in [1.82, 2.24) is 14.9 Å². The van der Waals surface area contributed by atoms with Crippen molar-refractivity contribution in [1.29, 1.82) is 0 Å². The predicted octanol–water partition coefficient (Wildman–Crippen LogP) is 1.46. The largest absolute Gasteiger partial charge is 0.378 e. The van der Waals surface area contributed by atoms with Gasteiger partial charge in [0.15, 0.2) is 0 Å². The van der Waals surface area contributed by atoms with Crippen LogP contribution in [0.2, 0.25) is 0 Å². The lowest BCUT2D eigenvalue weighted by Gasteiger charge is -2.39. The third-order valence-electron chi connectivity index (χ3n) is 4.03. The first-order valence-electron chi connectivity index (χ1n) is 7.36. The Balaban J connectivity index is 1.81. The summed E-state index contributed by atoms with van der Waals surface area (Å²) in [5.41, 5.74) is 0. The maximum absolute atomic E-state index is 12.8. The molecule has 1 aromatic rings. The van der Waals surface area contributed by atoms with Crippen molar-refractivity contribution in [2.75, 3.05) is 37.7 Å². The summed E-state index contributed by atoms with van der Waals surface area (Å²) < 4.78 is 6.17. The maximum Gasteiger partial charge on any atom is 0.245 e. The average molecular weight is 355 g/mol. The Morgan fingerprint density at radius 2 is 2.10 bits per heavy atom. The second-order valence-corrected chi connectivity index (χ2v) is 6.19. The molecule has 2 aliphatic heterocycles. The van der Waals surface area contributed by atoms with Crippen LogP contribution in [0, 0.1) is 0 Å². The number of ether oxygens (including phenoxy) is 1. The van der Waals surface area contributed by atoms with Gasteiger partial charge in [0.2, 0.25) is 5.91 Å². The summed E-state index contributed by atoms with van der Waals surface area (Å²) in [5, 5.41) is 0. The van der Waals surface area contributed by atoms with Gasteiger partial charge in [0.25, 0.3) is 0 Å². The van der Waals surface area contributed by atoms with Crippen LogP contribution in [0.5, 0.6) is 0 Å². The van der Waals surface area contributed by atoms with Gasteiger partial charge in [0.1, 0.15) is 18.2 Å². The zero-order chi connectivity index (χ0) is 14.7. The monoisotopic (exact) mass is 354 g/mol. The van der Waals surface area contributed by atoms with Crippen LogP contribution >= 0.6 is 15.9 Å². The standard InChI is InChI=1S/C14H19BrN4O2/c15-11-9-16-10-17-13(11)19-4-2-1-3-12(19)14(20)18-5-7-21-8-6-18/h9-10,12H,1-8H2. The highest BCUT2D eigenvalue weighted by atomic mass is 79.9. The molecule has 0 spiro atoms. The lowest BCUT2D eigenvalue weighted by molar-refractivity contribution is -0.137. The van der Waals surface area contributed by atoms with Crippen molar-refractivity contribution in [2.24, 2.45) is 0 Å². The molecule has 2 aliphatic rings. The van der Waals surface area contributed by atoms with Crippen molar-refractivity contribution in [2.45, 2.75) is 25.3 Å². The van der Waals surface area contributed by atoms with Gasteiger partial charge in [-0.3, -0.25) is 4.79 Å². The third kappa shape index (κ3) is 3.18. The number of hydrogen-bond acceptors (Lipinski definition) is 5. The Labute approximate surface area is 132 Å². The molecule has 0 bridgehead atoms. The van der Waals surface area contributed by atoms with Gasteiger partial charge in [-0.1, -0.05) is 0 Å². The molecular formula is C14H19BrN4O2. The van der Waals surface area contributed by atoms with E-state index in [1.807, 2.05) is 4.90 Å². The molecule has 0 aromatic carbocycles. The van der Waals surface area contributed by atoms with Gasteiger partial charge in [-0.25, -0.2) is 9.97 Å². The lowest BCUT2D eigenvalue weighted by atomic mass is 10.0. The molecule has 3 heterocycles. The molecule has 0 N–H and O–H groups in total. The molecule has 6 nitrogen and oxygen atoms in total. The van der Waals surface area contributed by atoms with Crippen LogP contribution in [0.1, 0.15) is 19.3 Å². The number of anilines is 1. The minimum atomic E-state index is -0.122. The SMILES string of the molecule is O=C(C1CCCCN1c1ncncc1Br)N1CCOCC1. The van der Waals surface area contributed by atoms with Gasteiger partial charge in [0.05, 0.1) is 17.7 Å². The van der Waals surface area contributed by atoms with Crippen LogP contribution in [0.3, 0.4) is 0 Å². The normalized spacial score (nSPS) is 23.2. The summed E-state index contributed by atoms with van der Waals surface area (Å²) >= 11 is 3.49. The summed E-state index contributed by atoms with van der Waals surface area (Å²) in [6, 6.07) is -0.122. The number of aromatic nitrogens is 2. The molecule has 1 atom stereocenters. The van der Waals surface area contributed by atoms with E-state index in [2.05, 4.69) is 30.8 Å². The molecule has 0 aliphatic carbocycles. The zero-order valence-corrected chi connectivity index (χ0v) is 13.5. The quantitative estimate of drug-likeness (QED) is 0.804. The number of carbonyl (C=O) groups is 1. The molecule has 0 radical (unpaired) electrons. The Morgan fingerprint density at radius 3 is 2.86 bits per heavy atom. The molecule has 2 fully saturated rings. The minimum absolute atomic E-state index is 0.122. The number of halogens is 1. The smallest absolute Gasteiger partial charge is 0.245 e. The van der Waals surface area contributed by atoms with Gasteiger partial charge < -0.3 is 14.5 Å². The molecule has 1 aromatic heterocycles. The lowest BCUT2D eigenvalue weighted by Crippen LogP contribution is -2.54. The van der Waals surface area contributed by atoms with E-state index in [9.17, 15) is 4.79 Å². The van der Waals surface area contributed by atoms with Crippen molar-refractivity contribution in [3.8, 4) is 0 Å². The van der Waals surface area contributed by atoms with Crippen LogP contribution in [0.4, 0.5) is 5.82 Å². The molecule has 21 heavy (non-hydrogen) atoms. The van der Waals surface area contributed by atoms with Crippen molar-refractivity contribution in [3.05, 3.63) is 17.0 Å². The maximum atomic E-state index is 12.8. The second-order valence-electron chi connectivity index (χ2n) is 5.34. The number of piperidine rings is 1. The van der Waals surface area contributed by atoms with E-state index in [-0.39, 0.29) is 11.9 Å². The second kappa shape index (κ2) is 6.70. The number of morpholine rings is 1. The summed E-state index contributed by atoms with van der Waals surface area (Å²) in [6.07, 6.45) is 6.31. The van der Waals surface area contributed by atoms with Crippen LogP contribution in [0.25, 0.3) is 0 Å². The van der Waals surface area contributed by atoms with Crippen LogP contribution in [-0.4, -0.2) is 59.7 Å². The van der Waals surface area contributed by atoms with Crippen molar-refractivity contribution >= 4 is 27.7 Å². The van der Waals surface area contributed by atoms with Gasteiger partial charge in [-0.05, 0) is 35.2 Å². The van der Waals surface area contributed by atoms with E-state index >= 15 is 0 Å². The van der Waals surface area contributed by atoms with E-state index in [1.54, 1.807) is 6.20 Å². The highest BCUT2D eigenvalue weighted by molar-refractivity contribution is 9.10. The first-order valence-corrected chi connectivity index (χ1v) is 8.15. The fraction of sp³-hybridized carbons (Fsp3) is 0.643. The number of rotatable bonds is 2. The first kappa shape index (κ1) is 14.7. The number of hydrogen-bond donors (Lipinski definition) is 0. The summed E-state index contributed by atoms with van der Waals surface area (Å²) in [7, 11) is 0. The zero-order valence-electron chi connectivity index (χ0n) is 11.9. The first-order chi connectivity index (χ1) is 10.3. The third-order valence-corrected chi connectivity index (χ3v) is 4.59. The van der Waals surface area contributed by atoms with Gasteiger partial charge in [0, 0.05) is 25.8 Å². The van der Waals surface area contributed by atoms with Crippen molar-refractivity contribution < 1.29 is 9.53 Å². The molecular weight excluding hydrogens is 336 g/mol. The summed E-state index contributed by atoms with van der Waals surface area (Å²) in [6.45, 7) is 3.50. The van der Waals surface area contributed by atoms with E-state index in [4.69, 9.17) is 4.74 Å². The van der Waals surface area contributed by atoms with Crippen molar-refractivity contribution in [3.63, 3.8) is 0 Å². The molecule has 0 saturated carbocycles. The van der Waals surface area contributed by atoms with E-state index in [0.29, 0.717) is 26.3 Å². The molecule has 7 heteroatoms. The topological polar surface area (TPSA) is 58.6 Å². The molecule has 114 valence electrons. The fourth-order valence-corrected chi connectivity index (χ4v) is 3.40. The van der Waals surface area contributed by atoms with Gasteiger partial charge >= 0.3 is 0 Å². The average Bonchev–Trinajstić information content (AvgIpc) is 2.55. The number of carbonyl (C=O) groups excluding carboxylic acids is 1. The van der Waals surface area contributed by atoms with Crippen LogP contribution in [0.15, 0.2) is 17.0 Å². The Morgan fingerprint density at radius 1 is 1.29 bits per heavy atom. The highest BCUT2D eigenvalue weighted by Gasteiger charge is 2.34. The van der Waals surface area contributed by atoms with E-state index in [1.165, 1.54) is 6.33 Å². The molecule has 2 saturated heterocycles. The summed E-state index contributed by atoms with van der Waals surface area (Å²) in [5.74, 6) is 1.01. The predicted molar refractivity (Wildman–Crippen MR) is 82.1 cm³/mol. The van der Waals surface area contributed by atoms with Crippen LogP contribution in [-0.2, 0) is 9.53 Å². The fourth-order valence-electron chi connectivity index (χ4n) is 2.95. The molecule has 3 rings (SSSR count). The number of amides is 1. The minimum Gasteiger partial charge on any atom is -0.378 e.